The number of aliphatic hydroxyl groups is 4. The molecule has 3 aliphatic rings. The van der Waals surface area contributed by atoms with Crippen LogP contribution in [0.15, 0.2) is 95.5 Å². The molecule has 0 saturated carbocycles. The smallest absolute Gasteiger partial charge is 0.255 e. The van der Waals surface area contributed by atoms with Gasteiger partial charge in [0.25, 0.3) is 5.91 Å². The number of benzene rings is 3. The number of anilines is 1. The number of hydrogen-bond donors (Lipinski definition) is 7. The Labute approximate surface area is 352 Å². The zero-order valence-electron chi connectivity index (χ0n) is 35.0. The second kappa shape index (κ2) is 18.4. The predicted octanol–water partition coefficient (Wildman–Crippen LogP) is 5.52. The summed E-state index contributed by atoms with van der Waals surface area (Å²) >= 11 is 0. The summed E-state index contributed by atoms with van der Waals surface area (Å²) in [4.78, 5) is 54.4. The number of nitrogens with two attached hydrogens (primary N) is 1. The number of nitrogens with zero attached hydrogens (tertiary/aromatic N) is 1. The van der Waals surface area contributed by atoms with Gasteiger partial charge in [0.05, 0.1) is 29.3 Å². The van der Waals surface area contributed by atoms with Crippen LogP contribution < -0.4 is 21.7 Å². The second-order valence-electron chi connectivity index (χ2n) is 17.3. The minimum atomic E-state index is -3.00. The fourth-order valence-electron chi connectivity index (χ4n) is 10.0. The van der Waals surface area contributed by atoms with E-state index in [2.05, 4.69) is 72.6 Å². The van der Waals surface area contributed by atoms with Crippen LogP contribution >= 0.6 is 7.26 Å². The van der Waals surface area contributed by atoms with Gasteiger partial charge in [-0.15, -0.1) is 0 Å². The summed E-state index contributed by atoms with van der Waals surface area (Å²) in [7, 11) is 1.17. The molecule has 2 amide bonds. The van der Waals surface area contributed by atoms with E-state index in [1.165, 1.54) is 67.5 Å². The molecule has 3 aromatic rings. The molecule has 0 heterocycles. The molecule has 0 fully saturated rings. The van der Waals surface area contributed by atoms with Gasteiger partial charge in [0.1, 0.15) is 17.1 Å². The number of fused-ring (bicyclic) bond motifs is 3. The summed E-state index contributed by atoms with van der Waals surface area (Å²) in [5, 5.41) is 63.3. The molecule has 0 aliphatic heterocycles. The fraction of sp³-hybridized carbons (Fsp3) is 0.447. The molecule has 3 aromatic carbocycles. The second-order valence-corrected chi connectivity index (χ2v) is 21.6. The number of hydrogen-bond acceptors (Lipinski definition) is 10. The van der Waals surface area contributed by atoms with Crippen molar-refractivity contribution in [1.82, 2.24) is 4.90 Å². The van der Waals surface area contributed by atoms with Gasteiger partial charge in [0, 0.05) is 11.5 Å². The number of aliphatic hydroxyl groups excluding tert-OH is 3. The monoisotopic (exact) mass is 841 g/mol. The summed E-state index contributed by atoms with van der Waals surface area (Å²) in [5.41, 5.74) is 0.989. The van der Waals surface area contributed by atoms with Gasteiger partial charge in [0.15, 0.2) is 17.1 Å². The number of phenols is 1. The molecule has 6 atom stereocenters. The molecule has 3 aliphatic carbocycles. The number of carbonyl (C=O) groups excluding carboxylic acids is 4. The summed E-state index contributed by atoms with van der Waals surface area (Å²) in [5.74, 6) is -10.0. The molecule has 8 N–H and O–H groups in total. The van der Waals surface area contributed by atoms with E-state index in [0.717, 1.165) is 25.7 Å². The number of carbonyl (C=O) groups is 4. The van der Waals surface area contributed by atoms with Crippen LogP contribution in [0.1, 0.15) is 93.0 Å². The van der Waals surface area contributed by atoms with Gasteiger partial charge in [-0.25, -0.2) is 0 Å². The Hall–Kier alpha value is -4.87. The number of rotatable bonds is 17. The molecule has 12 nitrogen and oxygen atoms in total. The first kappa shape index (κ1) is 44.7. The molecular formula is C47H60N3O9P. The van der Waals surface area contributed by atoms with Crippen LogP contribution in [0.3, 0.4) is 0 Å². The zero-order chi connectivity index (χ0) is 43.5. The van der Waals surface area contributed by atoms with Crippen molar-refractivity contribution in [2.45, 2.75) is 94.8 Å². The average Bonchev–Trinajstić information content (AvgIpc) is 3.22. The number of nitrogens with one attached hydrogen (secondary N) is 1. The van der Waals surface area contributed by atoms with Gasteiger partial charge in [-0.3, -0.25) is 24.1 Å². The Morgan fingerprint density at radius 3 is 1.88 bits per heavy atom. The molecule has 0 saturated heterocycles. The molecule has 13 heteroatoms. The fourth-order valence-corrected chi connectivity index (χ4v) is 13.7. The van der Waals surface area contributed by atoms with Gasteiger partial charge in [0.2, 0.25) is 5.78 Å². The average molecular weight is 842 g/mol. The van der Waals surface area contributed by atoms with E-state index in [0.29, 0.717) is 12.0 Å². The minimum absolute atomic E-state index is 0.0217. The number of likely N-dealkylation sites (N-methyl/N-ethyl adjacent to an activating group) is 1. The number of amides is 2. The molecule has 0 spiro atoms. The first-order valence-corrected chi connectivity index (χ1v) is 23.9. The largest absolute Gasteiger partial charge is 0.510 e. The first-order chi connectivity index (χ1) is 28.6. The van der Waals surface area contributed by atoms with E-state index in [4.69, 9.17) is 5.73 Å². The molecule has 0 unspecified atom stereocenters. The van der Waals surface area contributed by atoms with Gasteiger partial charge >= 0.3 is 161 Å². The van der Waals surface area contributed by atoms with Crippen molar-refractivity contribution in [3.63, 3.8) is 0 Å². The molecule has 0 aromatic heterocycles. The van der Waals surface area contributed by atoms with Crippen LogP contribution in [-0.4, -0.2) is 98.5 Å². The third-order valence-electron chi connectivity index (χ3n) is 13.3. The topological polar surface area (TPSA) is 211 Å². The van der Waals surface area contributed by atoms with Crippen molar-refractivity contribution in [1.29, 1.82) is 0 Å². The normalized spacial score (nSPS) is 24.2. The van der Waals surface area contributed by atoms with E-state index < -0.39 is 88.7 Å². The standard InChI is InChI=1S/C47H60N3O9P/c1-28-31-25-26-32(40(52)35(31)41(53)36-34(28)42(54)38-39(50(2)3)43(55)37(46(48)58)45(57)47(38,59)44(36)56)49-33(51)24-18-10-8-6-5-7-9-11-19-27-60(4,29-20-14-12-15-21-29)30-22-16-13-17-23-30/h12-17,20-23,25-26,28,34,38-39,42,52,54-56,59-60H,5-11,18-19,24,27H2,1-4H3,(H2,48,58)(H,49,51)/t28-,34+,38+,39-,42-,47-/m0/s1. The Balaban J connectivity index is 1.01. The SMILES string of the molecule is C[C@H]1c2ccc(NC(=O)CCCCCCCCCCC[PH](C)(c3ccccc3)c3ccccc3)c(O)c2C(=O)C2=C(O)[C@]3(O)C(=O)C(C(N)=O)=C(O)[C@@H](N(C)C)[C@@H]3[C@@H](O)[C@@H]21. The van der Waals surface area contributed by atoms with E-state index in [-0.39, 0.29) is 23.6 Å². The molecule has 6 rings (SSSR count). The third-order valence-corrected chi connectivity index (χ3v) is 17.9. The maximum atomic E-state index is 14.2. The quantitative estimate of drug-likeness (QED) is 0.0392. The number of aromatic hydroxyl groups is 1. The number of ketones is 2. The predicted molar refractivity (Wildman–Crippen MR) is 236 cm³/mol. The summed E-state index contributed by atoms with van der Waals surface area (Å²) in [6.07, 6.45) is 9.31. The van der Waals surface area contributed by atoms with Crippen LogP contribution in [0, 0.1) is 11.8 Å². The maximum Gasteiger partial charge on any atom is 0.255 e. The van der Waals surface area contributed by atoms with Crippen LogP contribution in [0.25, 0.3) is 0 Å². The number of phenolic OH excluding ortho intramolecular Hbond substituents is 1. The Morgan fingerprint density at radius 1 is 0.817 bits per heavy atom. The number of unbranched alkanes of at least 4 members (excludes halogenated alkanes) is 8. The van der Waals surface area contributed by atoms with Gasteiger partial charge < -0.3 is 36.6 Å². The minimum Gasteiger partial charge on any atom is -0.510 e. The molecule has 0 radical (unpaired) electrons. The van der Waals surface area contributed by atoms with Crippen molar-refractivity contribution < 1.29 is 44.7 Å². The molecular weight excluding hydrogens is 782 g/mol. The Morgan fingerprint density at radius 2 is 1.35 bits per heavy atom. The number of Topliss-reactive ketones (excluding diaryl/α,β-unsaturated/α-hetero) is 2. The zero-order valence-corrected chi connectivity index (χ0v) is 36.0. The van der Waals surface area contributed by atoms with Crippen LogP contribution in [0.5, 0.6) is 5.75 Å². The van der Waals surface area contributed by atoms with E-state index >= 15 is 0 Å². The Kier molecular flexibility index (Phi) is 13.7. The molecule has 0 bridgehead atoms. The van der Waals surface area contributed by atoms with E-state index in [9.17, 15) is 44.7 Å². The first-order valence-electron chi connectivity index (χ1n) is 21.2. The van der Waals surface area contributed by atoms with Crippen molar-refractivity contribution in [3.8, 4) is 5.75 Å². The van der Waals surface area contributed by atoms with Gasteiger partial charge in [-0.05, 0) is 31.6 Å². The third kappa shape index (κ3) is 8.15. The summed E-state index contributed by atoms with van der Waals surface area (Å²) < 4.78 is 0. The van der Waals surface area contributed by atoms with Gasteiger partial charge in [-0.2, -0.15) is 0 Å². The summed E-state index contributed by atoms with van der Waals surface area (Å²) in [6.45, 7) is 4.14. The molecule has 60 heavy (non-hydrogen) atoms. The van der Waals surface area contributed by atoms with Crippen LogP contribution in [0.4, 0.5) is 5.69 Å². The van der Waals surface area contributed by atoms with Crippen molar-refractivity contribution >= 4 is 46.9 Å². The van der Waals surface area contributed by atoms with Gasteiger partial charge in [-0.1, -0.05) is 13.0 Å². The van der Waals surface area contributed by atoms with Crippen molar-refractivity contribution in [3.05, 3.63) is 107 Å². The summed E-state index contributed by atoms with van der Waals surface area (Å²) in [6, 6.07) is 23.6. The van der Waals surface area contributed by atoms with Crippen molar-refractivity contribution in [2.75, 3.05) is 32.2 Å². The van der Waals surface area contributed by atoms with Crippen LogP contribution in [0.2, 0.25) is 0 Å². The maximum absolute atomic E-state index is 14.2. The van der Waals surface area contributed by atoms with E-state index in [1.807, 2.05) is 0 Å². The number of primary amides is 1. The Bertz CT molecular complexity index is 2130. The van der Waals surface area contributed by atoms with Crippen molar-refractivity contribution in [2.24, 2.45) is 17.6 Å². The van der Waals surface area contributed by atoms with E-state index in [1.54, 1.807) is 13.0 Å². The molecule has 322 valence electrons. The van der Waals surface area contributed by atoms with Crippen LogP contribution in [-0.2, 0) is 14.4 Å².